The highest BCUT2D eigenvalue weighted by Gasteiger charge is 2.22. The summed E-state index contributed by atoms with van der Waals surface area (Å²) in [5.41, 5.74) is 2.70. The molecule has 0 spiro atoms. The van der Waals surface area contributed by atoms with Crippen LogP contribution in [0.1, 0.15) is 17.8 Å². The van der Waals surface area contributed by atoms with Gasteiger partial charge in [0.25, 0.3) is 0 Å². The Kier molecular flexibility index (Phi) is 4.14. The second-order valence-corrected chi connectivity index (χ2v) is 6.19. The fraction of sp³-hybridized carbons (Fsp3) is 0.500. The molecule has 1 aromatic carbocycles. The molecule has 1 aliphatic rings. The lowest BCUT2D eigenvalue weighted by Gasteiger charge is -2.14. The van der Waals surface area contributed by atoms with E-state index in [1.165, 1.54) is 6.42 Å². The second-order valence-electron chi connectivity index (χ2n) is 5.81. The van der Waals surface area contributed by atoms with Crippen LogP contribution in [0.25, 0.3) is 11.0 Å². The Morgan fingerprint density at radius 3 is 3.00 bits per heavy atom. The zero-order valence-corrected chi connectivity index (χ0v) is 13.0. The summed E-state index contributed by atoms with van der Waals surface area (Å²) < 4.78 is 2.27. The lowest BCUT2D eigenvalue weighted by molar-refractivity contribution is 0.378. The van der Waals surface area contributed by atoms with Crippen LogP contribution in [0.4, 0.5) is 0 Å². The van der Waals surface area contributed by atoms with Crippen molar-refractivity contribution in [2.75, 3.05) is 26.0 Å². The van der Waals surface area contributed by atoms with E-state index in [1.807, 2.05) is 18.2 Å². The lowest BCUT2D eigenvalue weighted by Crippen LogP contribution is -2.18. The summed E-state index contributed by atoms with van der Waals surface area (Å²) in [5.74, 6) is 2.25. The van der Waals surface area contributed by atoms with E-state index in [0.717, 1.165) is 42.9 Å². The molecule has 0 radical (unpaired) electrons. The fourth-order valence-corrected chi connectivity index (χ4v) is 3.32. The number of rotatable bonds is 4. The molecule has 0 saturated carbocycles. The SMILES string of the molecule is CN1CCC(Cn2c(CCCl)nc3ccc(C#N)cc32)C1. The van der Waals surface area contributed by atoms with Gasteiger partial charge in [0.15, 0.2) is 0 Å². The number of nitriles is 1. The van der Waals surface area contributed by atoms with Gasteiger partial charge in [-0.2, -0.15) is 5.26 Å². The van der Waals surface area contributed by atoms with Crippen molar-refractivity contribution in [3.8, 4) is 6.07 Å². The quantitative estimate of drug-likeness (QED) is 0.816. The van der Waals surface area contributed by atoms with Crippen LogP contribution < -0.4 is 0 Å². The number of hydrogen-bond acceptors (Lipinski definition) is 3. The van der Waals surface area contributed by atoms with Crippen molar-refractivity contribution >= 4 is 22.6 Å². The third-order valence-corrected chi connectivity index (χ3v) is 4.39. The Bertz CT molecular complexity index is 685. The highest BCUT2D eigenvalue weighted by atomic mass is 35.5. The molecule has 2 aromatic rings. The zero-order chi connectivity index (χ0) is 14.8. The average molecular weight is 303 g/mol. The van der Waals surface area contributed by atoms with Gasteiger partial charge < -0.3 is 9.47 Å². The maximum Gasteiger partial charge on any atom is 0.111 e. The first-order valence-corrected chi connectivity index (χ1v) is 7.88. The van der Waals surface area contributed by atoms with E-state index in [0.29, 0.717) is 17.4 Å². The number of aryl methyl sites for hydroxylation is 1. The summed E-state index contributed by atoms with van der Waals surface area (Å²) >= 11 is 5.92. The van der Waals surface area contributed by atoms with E-state index >= 15 is 0 Å². The first-order chi connectivity index (χ1) is 10.2. The van der Waals surface area contributed by atoms with Gasteiger partial charge in [0.1, 0.15) is 5.82 Å². The summed E-state index contributed by atoms with van der Waals surface area (Å²) in [5, 5.41) is 9.11. The minimum Gasteiger partial charge on any atom is -0.328 e. The van der Waals surface area contributed by atoms with Crippen molar-refractivity contribution < 1.29 is 0 Å². The normalized spacial score (nSPS) is 19.2. The topological polar surface area (TPSA) is 44.9 Å². The minimum absolute atomic E-state index is 0.568. The maximum absolute atomic E-state index is 9.11. The molecule has 2 heterocycles. The van der Waals surface area contributed by atoms with Gasteiger partial charge in [-0.25, -0.2) is 4.98 Å². The van der Waals surface area contributed by atoms with E-state index in [9.17, 15) is 0 Å². The largest absolute Gasteiger partial charge is 0.328 e. The number of fused-ring (bicyclic) bond motifs is 1. The molecule has 0 amide bonds. The smallest absolute Gasteiger partial charge is 0.111 e. The Morgan fingerprint density at radius 2 is 2.33 bits per heavy atom. The molecule has 1 saturated heterocycles. The molecule has 110 valence electrons. The number of aromatic nitrogens is 2. The lowest BCUT2D eigenvalue weighted by atomic mass is 10.1. The standard InChI is InChI=1S/C16H19ClN4/c1-20-7-5-13(10-20)11-21-15-8-12(9-18)2-3-14(15)19-16(21)4-6-17/h2-3,8,13H,4-7,10-11H2,1H3. The predicted octanol–water partition coefficient (Wildman–Crippen LogP) is 2.64. The molecule has 21 heavy (non-hydrogen) atoms. The minimum atomic E-state index is 0.568. The highest BCUT2D eigenvalue weighted by molar-refractivity contribution is 6.17. The number of imidazole rings is 1. The molecule has 3 rings (SSSR count). The van der Waals surface area contributed by atoms with Crippen LogP contribution >= 0.6 is 11.6 Å². The van der Waals surface area contributed by atoms with Crippen LogP contribution in [0.5, 0.6) is 0 Å². The van der Waals surface area contributed by atoms with E-state index in [-0.39, 0.29) is 0 Å². The number of likely N-dealkylation sites (tertiary alicyclic amines) is 1. The van der Waals surface area contributed by atoms with Crippen LogP contribution in [-0.2, 0) is 13.0 Å². The van der Waals surface area contributed by atoms with Crippen molar-refractivity contribution in [3.63, 3.8) is 0 Å². The molecule has 1 fully saturated rings. The molecule has 1 unspecified atom stereocenters. The molecule has 0 N–H and O–H groups in total. The van der Waals surface area contributed by atoms with Gasteiger partial charge in [-0.15, -0.1) is 11.6 Å². The predicted molar refractivity (Wildman–Crippen MR) is 84.5 cm³/mol. The van der Waals surface area contributed by atoms with Crippen molar-refractivity contribution in [1.29, 1.82) is 5.26 Å². The Balaban J connectivity index is 2.00. The first-order valence-electron chi connectivity index (χ1n) is 7.35. The van der Waals surface area contributed by atoms with Crippen LogP contribution in [0.3, 0.4) is 0 Å². The highest BCUT2D eigenvalue weighted by Crippen LogP contribution is 2.23. The number of alkyl halides is 1. The van der Waals surface area contributed by atoms with E-state index in [4.69, 9.17) is 21.8 Å². The van der Waals surface area contributed by atoms with Crippen molar-refractivity contribution in [2.24, 2.45) is 5.92 Å². The zero-order valence-electron chi connectivity index (χ0n) is 12.2. The monoisotopic (exact) mass is 302 g/mol. The number of hydrogen-bond donors (Lipinski definition) is 0. The fourth-order valence-electron chi connectivity index (χ4n) is 3.15. The molecule has 1 aromatic heterocycles. The maximum atomic E-state index is 9.11. The summed E-state index contributed by atoms with van der Waals surface area (Å²) in [6.07, 6.45) is 1.98. The van der Waals surface area contributed by atoms with Gasteiger partial charge in [-0.3, -0.25) is 0 Å². The molecule has 1 aliphatic heterocycles. The third-order valence-electron chi connectivity index (χ3n) is 4.20. The van der Waals surface area contributed by atoms with Crippen molar-refractivity contribution in [3.05, 3.63) is 29.6 Å². The van der Waals surface area contributed by atoms with Gasteiger partial charge in [0.05, 0.1) is 22.7 Å². The van der Waals surface area contributed by atoms with Gasteiger partial charge in [0.2, 0.25) is 0 Å². The summed E-state index contributed by atoms with van der Waals surface area (Å²) in [6, 6.07) is 7.92. The van der Waals surface area contributed by atoms with Gasteiger partial charge in [-0.1, -0.05) is 0 Å². The summed E-state index contributed by atoms with van der Waals surface area (Å²) in [6.45, 7) is 3.24. The van der Waals surface area contributed by atoms with E-state index in [1.54, 1.807) is 0 Å². The third kappa shape index (κ3) is 2.90. The van der Waals surface area contributed by atoms with Crippen molar-refractivity contribution in [1.82, 2.24) is 14.5 Å². The number of nitrogens with zero attached hydrogens (tertiary/aromatic N) is 4. The molecule has 4 nitrogen and oxygen atoms in total. The van der Waals surface area contributed by atoms with Gasteiger partial charge >= 0.3 is 0 Å². The first kappa shape index (κ1) is 14.4. The van der Waals surface area contributed by atoms with Crippen LogP contribution in [0, 0.1) is 17.2 Å². The number of halogens is 1. The molecular formula is C16H19ClN4. The average Bonchev–Trinajstić information content (AvgIpc) is 3.04. The van der Waals surface area contributed by atoms with Crippen LogP contribution in [0.15, 0.2) is 18.2 Å². The molecule has 0 aliphatic carbocycles. The van der Waals surface area contributed by atoms with Crippen LogP contribution in [-0.4, -0.2) is 40.5 Å². The van der Waals surface area contributed by atoms with Gasteiger partial charge in [-0.05, 0) is 44.1 Å². The molecule has 1 atom stereocenters. The summed E-state index contributed by atoms with van der Waals surface area (Å²) in [7, 11) is 2.17. The number of benzene rings is 1. The Morgan fingerprint density at radius 1 is 1.48 bits per heavy atom. The summed E-state index contributed by atoms with van der Waals surface area (Å²) in [4.78, 5) is 7.06. The van der Waals surface area contributed by atoms with E-state index in [2.05, 4.69) is 22.6 Å². The molecular weight excluding hydrogens is 284 g/mol. The Hall–Kier alpha value is -1.57. The van der Waals surface area contributed by atoms with Gasteiger partial charge in [0, 0.05) is 25.4 Å². The molecule has 5 heteroatoms. The second kappa shape index (κ2) is 6.05. The van der Waals surface area contributed by atoms with E-state index < -0.39 is 0 Å². The van der Waals surface area contributed by atoms with Crippen molar-refractivity contribution in [2.45, 2.75) is 19.4 Å². The van der Waals surface area contributed by atoms with Crippen LogP contribution in [0.2, 0.25) is 0 Å². The molecule has 0 bridgehead atoms. The Labute approximate surface area is 129 Å².